The van der Waals surface area contributed by atoms with Gasteiger partial charge in [-0.25, -0.2) is 0 Å². The Kier molecular flexibility index (Phi) is 7.25. The van der Waals surface area contributed by atoms with Gasteiger partial charge in [0.15, 0.2) is 0 Å². The summed E-state index contributed by atoms with van der Waals surface area (Å²) in [6.45, 7) is 4.41. The number of rotatable bonds is 7. The van der Waals surface area contributed by atoms with Crippen LogP contribution in [0, 0.1) is 0 Å². The molecular weight excluding hydrogens is 396 g/mol. The van der Waals surface area contributed by atoms with Gasteiger partial charge in [0.1, 0.15) is 5.75 Å². The average molecular weight is 429 g/mol. The molecule has 1 aliphatic rings. The molecule has 3 aromatic carbocycles. The lowest BCUT2D eigenvalue weighted by Crippen LogP contribution is -2.44. The largest absolute Gasteiger partial charge is 0.508 e. The predicted molar refractivity (Wildman–Crippen MR) is 133 cm³/mol. The summed E-state index contributed by atoms with van der Waals surface area (Å²) >= 11 is 0. The van der Waals surface area contributed by atoms with E-state index in [9.17, 15) is 10.2 Å². The number of phenols is 1. The molecule has 4 heteroatoms. The molecule has 1 heterocycles. The van der Waals surface area contributed by atoms with E-state index in [1.165, 1.54) is 11.3 Å². The van der Waals surface area contributed by atoms with Crippen LogP contribution in [0.4, 0.5) is 5.69 Å². The van der Waals surface area contributed by atoms with Gasteiger partial charge in [-0.15, -0.1) is 0 Å². The number of anilines is 1. The van der Waals surface area contributed by atoms with Gasteiger partial charge >= 0.3 is 0 Å². The molecule has 0 aromatic heterocycles. The van der Waals surface area contributed by atoms with Crippen LogP contribution in [0.5, 0.6) is 5.75 Å². The third-order valence-corrected chi connectivity index (χ3v) is 6.19. The fourth-order valence-corrected chi connectivity index (χ4v) is 4.36. The van der Waals surface area contributed by atoms with Crippen molar-refractivity contribution in [3.05, 3.63) is 95.6 Å². The molecule has 0 radical (unpaired) electrons. The van der Waals surface area contributed by atoms with Crippen LogP contribution in [0.15, 0.2) is 78.9 Å². The molecule has 2 N–H and O–H groups in total. The molecule has 32 heavy (non-hydrogen) atoms. The van der Waals surface area contributed by atoms with Crippen molar-refractivity contribution in [3.8, 4) is 5.75 Å². The van der Waals surface area contributed by atoms with Gasteiger partial charge in [0.05, 0.1) is 0 Å². The fraction of sp³-hybridized carbons (Fsp3) is 0.286. The maximum atomic E-state index is 9.85. The number of nitrogens with zero attached hydrogens (tertiary/aromatic N) is 2. The molecule has 0 saturated carbocycles. The summed E-state index contributed by atoms with van der Waals surface area (Å²) in [6, 6.07) is 26.7. The second-order valence-corrected chi connectivity index (χ2v) is 8.43. The van der Waals surface area contributed by atoms with Crippen molar-refractivity contribution in [1.82, 2.24) is 4.90 Å². The van der Waals surface area contributed by atoms with Crippen molar-refractivity contribution < 1.29 is 10.2 Å². The number of aliphatic hydroxyl groups is 1. The molecule has 0 aliphatic carbocycles. The summed E-state index contributed by atoms with van der Waals surface area (Å²) in [5.41, 5.74) is 6.97. The lowest BCUT2D eigenvalue weighted by molar-refractivity contribution is 0.290. The number of aliphatic hydroxyl groups excluding tert-OH is 1. The van der Waals surface area contributed by atoms with Crippen LogP contribution < -0.4 is 4.90 Å². The Morgan fingerprint density at radius 1 is 0.750 bits per heavy atom. The highest BCUT2D eigenvalue weighted by Gasteiger charge is 2.17. The van der Waals surface area contributed by atoms with Gasteiger partial charge in [0, 0.05) is 38.5 Å². The zero-order chi connectivity index (χ0) is 22.3. The van der Waals surface area contributed by atoms with Crippen molar-refractivity contribution in [2.24, 2.45) is 0 Å². The molecule has 0 amide bonds. The van der Waals surface area contributed by atoms with Crippen LogP contribution in [-0.4, -0.2) is 54.9 Å². The number of likely N-dealkylation sites (N-methyl/N-ethyl adjacent to an activating group) is 1. The second-order valence-electron chi connectivity index (χ2n) is 8.43. The van der Waals surface area contributed by atoms with Gasteiger partial charge in [-0.2, -0.15) is 0 Å². The van der Waals surface area contributed by atoms with Gasteiger partial charge in [0.25, 0.3) is 0 Å². The monoisotopic (exact) mass is 428 g/mol. The van der Waals surface area contributed by atoms with Crippen LogP contribution in [0.25, 0.3) is 11.1 Å². The molecule has 4 nitrogen and oxygen atoms in total. The Morgan fingerprint density at radius 2 is 1.34 bits per heavy atom. The molecule has 166 valence electrons. The first kappa shape index (κ1) is 22.1. The van der Waals surface area contributed by atoms with E-state index in [0.717, 1.165) is 54.9 Å². The van der Waals surface area contributed by atoms with Crippen molar-refractivity contribution >= 4 is 16.8 Å². The second kappa shape index (κ2) is 10.5. The Bertz CT molecular complexity index is 1020. The molecule has 0 atom stereocenters. The first-order valence-corrected chi connectivity index (χ1v) is 11.4. The lowest BCUT2D eigenvalue weighted by Gasteiger charge is -2.34. The minimum atomic E-state index is 0.154. The standard InChI is InChI=1S/C28H32N2O2/c1-29-17-19-30(20-18-29)25-13-9-23(10-14-25)28(24-11-15-26(32)16-12-24)27(8-5-21-31)22-6-3-2-4-7-22/h2-4,6-7,9-16,31-32H,5,8,17-21H2,1H3. The van der Waals surface area contributed by atoms with Crippen molar-refractivity contribution in [2.45, 2.75) is 12.8 Å². The Labute approximate surface area is 191 Å². The van der Waals surface area contributed by atoms with Crippen LogP contribution in [-0.2, 0) is 0 Å². The average Bonchev–Trinajstić information content (AvgIpc) is 2.84. The zero-order valence-corrected chi connectivity index (χ0v) is 18.7. The summed E-state index contributed by atoms with van der Waals surface area (Å²) in [7, 11) is 2.17. The maximum Gasteiger partial charge on any atom is 0.115 e. The number of aromatic hydroxyl groups is 1. The molecule has 0 spiro atoms. The van der Waals surface area contributed by atoms with E-state index in [2.05, 4.69) is 65.4 Å². The summed E-state index contributed by atoms with van der Waals surface area (Å²) in [5, 5.41) is 19.4. The highest BCUT2D eigenvalue weighted by molar-refractivity contribution is 5.98. The third kappa shape index (κ3) is 5.21. The molecule has 0 unspecified atom stereocenters. The van der Waals surface area contributed by atoms with Gasteiger partial charge in [-0.05, 0) is 72.0 Å². The predicted octanol–water partition coefficient (Wildman–Crippen LogP) is 4.88. The van der Waals surface area contributed by atoms with Gasteiger partial charge in [-0.3, -0.25) is 0 Å². The number of benzene rings is 3. The summed E-state index contributed by atoms with van der Waals surface area (Å²) in [6.07, 6.45) is 1.47. The van der Waals surface area contributed by atoms with E-state index in [-0.39, 0.29) is 12.4 Å². The highest BCUT2D eigenvalue weighted by Crippen LogP contribution is 2.36. The molecular formula is C28H32N2O2. The first-order chi connectivity index (χ1) is 15.7. The van der Waals surface area contributed by atoms with Crippen LogP contribution >= 0.6 is 0 Å². The SMILES string of the molecule is CN1CCN(c2ccc(C(=C(CCCO)c3ccccc3)c3ccc(O)cc3)cc2)CC1. The molecule has 1 aliphatic heterocycles. The Balaban J connectivity index is 1.78. The summed E-state index contributed by atoms with van der Waals surface area (Å²) < 4.78 is 0. The number of phenolic OH excluding ortho intramolecular Hbond substituents is 1. The Morgan fingerprint density at radius 3 is 1.94 bits per heavy atom. The molecule has 1 fully saturated rings. The van der Waals surface area contributed by atoms with Crippen LogP contribution in [0.2, 0.25) is 0 Å². The number of piperazine rings is 1. The highest BCUT2D eigenvalue weighted by atomic mass is 16.3. The quantitative estimate of drug-likeness (QED) is 0.527. The van der Waals surface area contributed by atoms with Gasteiger partial charge in [-0.1, -0.05) is 54.6 Å². The van der Waals surface area contributed by atoms with Crippen molar-refractivity contribution in [1.29, 1.82) is 0 Å². The van der Waals surface area contributed by atoms with Gasteiger partial charge in [0.2, 0.25) is 0 Å². The summed E-state index contributed by atoms with van der Waals surface area (Å²) in [4.78, 5) is 4.81. The van der Waals surface area contributed by atoms with E-state index in [1.54, 1.807) is 12.1 Å². The summed E-state index contributed by atoms with van der Waals surface area (Å²) in [5.74, 6) is 0.259. The molecule has 0 bridgehead atoms. The third-order valence-electron chi connectivity index (χ3n) is 6.19. The molecule has 1 saturated heterocycles. The van der Waals surface area contributed by atoms with E-state index >= 15 is 0 Å². The van der Waals surface area contributed by atoms with Crippen LogP contribution in [0.3, 0.4) is 0 Å². The van der Waals surface area contributed by atoms with E-state index < -0.39 is 0 Å². The Hall–Kier alpha value is -3.08. The fourth-order valence-electron chi connectivity index (χ4n) is 4.36. The topological polar surface area (TPSA) is 46.9 Å². The number of allylic oxidation sites excluding steroid dienone is 1. The number of hydrogen-bond donors (Lipinski definition) is 2. The normalized spacial score (nSPS) is 15.5. The van der Waals surface area contributed by atoms with E-state index in [0.29, 0.717) is 6.42 Å². The molecule has 3 aromatic rings. The smallest absolute Gasteiger partial charge is 0.115 e. The minimum absolute atomic E-state index is 0.154. The van der Waals surface area contributed by atoms with E-state index in [1.807, 2.05) is 18.2 Å². The van der Waals surface area contributed by atoms with Crippen LogP contribution in [0.1, 0.15) is 29.5 Å². The van der Waals surface area contributed by atoms with Crippen molar-refractivity contribution in [2.75, 3.05) is 44.7 Å². The van der Waals surface area contributed by atoms with Gasteiger partial charge < -0.3 is 20.0 Å². The minimum Gasteiger partial charge on any atom is -0.508 e. The van der Waals surface area contributed by atoms with E-state index in [4.69, 9.17) is 0 Å². The zero-order valence-electron chi connectivity index (χ0n) is 18.7. The maximum absolute atomic E-state index is 9.85. The van der Waals surface area contributed by atoms with Crippen molar-refractivity contribution in [3.63, 3.8) is 0 Å². The lowest BCUT2D eigenvalue weighted by atomic mass is 9.87. The number of hydrogen-bond acceptors (Lipinski definition) is 4. The molecule has 4 rings (SSSR count). The first-order valence-electron chi connectivity index (χ1n) is 11.4.